The van der Waals surface area contributed by atoms with Gasteiger partial charge in [0, 0.05) is 24.2 Å². The van der Waals surface area contributed by atoms with Gasteiger partial charge in [-0.2, -0.15) is 0 Å². The fraction of sp³-hybridized carbons (Fsp3) is 0.278. The van der Waals surface area contributed by atoms with E-state index in [1.54, 1.807) is 18.9 Å². The first kappa shape index (κ1) is 15.9. The maximum atomic E-state index is 12.9. The molecule has 0 aliphatic carbocycles. The van der Waals surface area contributed by atoms with Crippen LogP contribution in [0.15, 0.2) is 53.4 Å². The first-order valence-corrected chi connectivity index (χ1v) is 8.76. The molecule has 120 valence electrons. The van der Waals surface area contributed by atoms with E-state index in [9.17, 15) is 4.79 Å². The van der Waals surface area contributed by atoms with Gasteiger partial charge in [0.15, 0.2) is 0 Å². The van der Waals surface area contributed by atoms with Crippen molar-refractivity contribution in [1.29, 1.82) is 0 Å². The Hall–Kier alpha value is -1.98. The first-order chi connectivity index (χ1) is 11.2. The third kappa shape index (κ3) is 3.21. The van der Waals surface area contributed by atoms with Crippen LogP contribution in [0.5, 0.6) is 0 Å². The second-order valence-electron chi connectivity index (χ2n) is 5.36. The number of para-hydroxylation sites is 1. The Labute approximate surface area is 140 Å². The quantitative estimate of drug-likeness (QED) is 0.851. The maximum Gasteiger partial charge on any atom is 0.257 e. The zero-order chi connectivity index (χ0) is 16.2. The lowest BCUT2D eigenvalue weighted by atomic mass is 10.0. The van der Waals surface area contributed by atoms with Crippen molar-refractivity contribution in [3.63, 3.8) is 0 Å². The summed E-state index contributed by atoms with van der Waals surface area (Å²) < 4.78 is 5.18. The number of anilines is 1. The van der Waals surface area contributed by atoms with Gasteiger partial charge in [0.1, 0.15) is 6.17 Å². The van der Waals surface area contributed by atoms with Crippen LogP contribution in [0.1, 0.15) is 22.1 Å². The molecule has 4 nitrogen and oxygen atoms in total. The number of fused-ring (bicyclic) bond motifs is 1. The molecule has 0 bridgehead atoms. The van der Waals surface area contributed by atoms with Gasteiger partial charge in [-0.05, 0) is 36.1 Å². The Kier molecular flexibility index (Phi) is 4.88. The number of nitrogens with zero attached hydrogens (tertiary/aromatic N) is 1. The molecule has 0 saturated carbocycles. The Morgan fingerprint density at radius 2 is 1.91 bits per heavy atom. The number of hydrogen-bond acceptors (Lipinski definition) is 4. The normalized spacial score (nSPS) is 16.9. The number of thioether (sulfide) groups is 1. The standard InChI is InChI=1S/C18H20N2O2S/c1-22-12-11-20-17(13-7-9-14(23-2)10-8-13)19-16-6-4-3-5-15(16)18(20)21/h3-10,17,19H,11-12H2,1-2H3/t17-/m1/s1. The van der Waals surface area contributed by atoms with Gasteiger partial charge in [-0.25, -0.2) is 0 Å². The SMILES string of the molecule is COCCN1C(=O)c2ccccc2N[C@H]1c1ccc(SC)cc1. The third-order valence-electron chi connectivity index (χ3n) is 3.99. The number of amides is 1. The van der Waals surface area contributed by atoms with Crippen LogP contribution in [0.25, 0.3) is 0 Å². The summed E-state index contributed by atoms with van der Waals surface area (Å²) >= 11 is 1.71. The largest absolute Gasteiger partial charge is 0.383 e. The second-order valence-corrected chi connectivity index (χ2v) is 6.24. The molecule has 3 rings (SSSR count). The minimum atomic E-state index is -0.177. The lowest BCUT2D eigenvalue weighted by Gasteiger charge is -2.38. The smallest absolute Gasteiger partial charge is 0.257 e. The molecule has 0 fully saturated rings. The number of nitrogens with one attached hydrogen (secondary N) is 1. The van der Waals surface area contributed by atoms with E-state index >= 15 is 0 Å². The van der Waals surface area contributed by atoms with Crippen LogP contribution in [-0.2, 0) is 4.74 Å². The zero-order valence-corrected chi connectivity index (χ0v) is 14.1. The predicted molar refractivity (Wildman–Crippen MR) is 93.9 cm³/mol. The number of ether oxygens (including phenoxy) is 1. The van der Waals surface area contributed by atoms with Crippen molar-refractivity contribution in [2.24, 2.45) is 0 Å². The molecule has 0 spiro atoms. The number of methoxy groups -OCH3 is 1. The summed E-state index contributed by atoms with van der Waals surface area (Å²) in [6, 6.07) is 16.0. The van der Waals surface area contributed by atoms with Crippen molar-refractivity contribution < 1.29 is 9.53 Å². The highest BCUT2D eigenvalue weighted by Crippen LogP contribution is 2.33. The minimum Gasteiger partial charge on any atom is -0.383 e. The van der Waals surface area contributed by atoms with Gasteiger partial charge in [-0.15, -0.1) is 11.8 Å². The van der Waals surface area contributed by atoms with Gasteiger partial charge in [0.25, 0.3) is 5.91 Å². The average molecular weight is 328 g/mol. The van der Waals surface area contributed by atoms with Crippen LogP contribution in [-0.4, -0.2) is 37.3 Å². The Morgan fingerprint density at radius 3 is 2.61 bits per heavy atom. The maximum absolute atomic E-state index is 12.9. The summed E-state index contributed by atoms with van der Waals surface area (Å²) in [5.74, 6) is 0.0374. The van der Waals surface area contributed by atoms with Crippen molar-refractivity contribution in [3.8, 4) is 0 Å². The fourth-order valence-electron chi connectivity index (χ4n) is 2.76. The molecule has 1 amide bonds. The van der Waals surface area contributed by atoms with E-state index in [0.29, 0.717) is 18.7 Å². The van der Waals surface area contributed by atoms with Crippen molar-refractivity contribution in [2.75, 3.05) is 31.8 Å². The van der Waals surface area contributed by atoms with Crippen LogP contribution < -0.4 is 5.32 Å². The summed E-state index contributed by atoms with van der Waals surface area (Å²) in [6.45, 7) is 1.06. The third-order valence-corrected chi connectivity index (χ3v) is 4.73. The highest BCUT2D eigenvalue weighted by molar-refractivity contribution is 7.98. The summed E-state index contributed by atoms with van der Waals surface area (Å²) in [6.07, 6.45) is 1.88. The number of benzene rings is 2. The Morgan fingerprint density at radius 1 is 1.17 bits per heavy atom. The minimum absolute atomic E-state index is 0.0374. The molecule has 2 aromatic rings. The van der Waals surface area contributed by atoms with E-state index in [1.165, 1.54) is 4.90 Å². The highest BCUT2D eigenvalue weighted by atomic mass is 32.2. The molecule has 1 atom stereocenters. The molecule has 23 heavy (non-hydrogen) atoms. The summed E-state index contributed by atoms with van der Waals surface area (Å²) in [7, 11) is 1.65. The van der Waals surface area contributed by atoms with Crippen LogP contribution in [0, 0.1) is 0 Å². The van der Waals surface area contributed by atoms with Crippen molar-refractivity contribution in [2.45, 2.75) is 11.1 Å². The van der Waals surface area contributed by atoms with Gasteiger partial charge < -0.3 is 15.0 Å². The molecule has 1 aliphatic heterocycles. The number of carbonyl (C=O) groups excluding carboxylic acids is 1. The lowest BCUT2D eigenvalue weighted by molar-refractivity contribution is 0.0609. The average Bonchev–Trinajstić information content (AvgIpc) is 2.61. The van der Waals surface area contributed by atoms with Crippen LogP contribution in [0.4, 0.5) is 5.69 Å². The molecule has 0 saturated heterocycles. The topological polar surface area (TPSA) is 41.6 Å². The lowest BCUT2D eigenvalue weighted by Crippen LogP contribution is -2.44. The molecule has 0 aromatic heterocycles. The predicted octanol–water partition coefficient (Wildman–Crippen LogP) is 3.62. The second kappa shape index (κ2) is 7.06. The molecular formula is C18H20N2O2S. The van der Waals surface area contributed by atoms with E-state index in [1.807, 2.05) is 29.2 Å². The van der Waals surface area contributed by atoms with Gasteiger partial charge in [-0.3, -0.25) is 4.79 Å². The summed E-state index contributed by atoms with van der Waals surface area (Å²) in [4.78, 5) is 15.9. The van der Waals surface area contributed by atoms with Gasteiger partial charge in [0.05, 0.1) is 12.2 Å². The molecule has 0 radical (unpaired) electrons. The van der Waals surface area contributed by atoms with E-state index in [0.717, 1.165) is 11.3 Å². The number of rotatable bonds is 5. The summed E-state index contributed by atoms with van der Waals surface area (Å²) in [5.41, 5.74) is 2.66. The first-order valence-electron chi connectivity index (χ1n) is 7.54. The van der Waals surface area contributed by atoms with Crippen molar-refractivity contribution in [1.82, 2.24) is 4.90 Å². The van der Waals surface area contributed by atoms with Crippen molar-refractivity contribution in [3.05, 3.63) is 59.7 Å². The van der Waals surface area contributed by atoms with Gasteiger partial charge in [-0.1, -0.05) is 24.3 Å². The highest BCUT2D eigenvalue weighted by Gasteiger charge is 2.32. The van der Waals surface area contributed by atoms with Gasteiger partial charge in [0.2, 0.25) is 0 Å². The zero-order valence-electron chi connectivity index (χ0n) is 13.3. The molecular weight excluding hydrogens is 308 g/mol. The van der Waals surface area contributed by atoms with Crippen LogP contribution in [0.3, 0.4) is 0 Å². The van der Waals surface area contributed by atoms with E-state index in [4.69, 9.17) is 4.74 Å². The molecule has 2 aromatic carbocycles. The number of hydrogen-bond donors (Lipinski definition) is 1. The van der Waals surface area contributed by atoms with E-state index < -0.39 is 0 Å². The van der Waals surface area contributed by atoms with Crippen LogP contribution >= 0.6 is 11.8 Å². The van der Waals surface area contributed by atoms with Gasteiger partial charge >= 0.3 is 0 Å². The number of carbonyl (C=O) groups is 1. The Bertz CT molecular complexity index is 688. The molecule has 1 heterocycles. The molecule has 1 N–H and O–H groups in total. The van der Waals surface area contributed by atoms with Crippen molar-refractivity contribution >= 4 is 23.4 Å². The fourth-order valence-corrected chi connectivity index (χ4v) is 3.17. The molecule has 1 aliphatic rings. The summed E-state index contributed by atoms with van der Waals surface area (Å²) in [5, 5.41) is 3.48. The van der Waals surface area contributed by atoms with E-state index in [-0.39, 0.29) is 12.1 Å². The van der Waals surface area contributed by atoms with Crippen LogP contribution in [0.2, 0.25) is 0 Å². The molecule has 5 heteroatoms. The van der Waals surface area contributed by atoms with E-state index in [2.05, 4.69) is 35.8 Å². The molecule has 0 unspecified atom stereocenters. The monoisotopic (exact) mass is 328 g/mol. The Balaban J connectivity index is 1.96.